The van der Waals surface area contributed by atoms with Crippen LogP contribution in [0.4, 0.5) is 0 Å². The zero-order valence-corrected chi connectivity index (χ0v) is 13.6. The second kappa shape index (κ2) is 8.52. The summed E-state index contributed by atoms with van der Waals surface area (Å²) >= 11 is 0. The number of methoxy groups -OCH3 is 1. The molecule has 0 bridgehead atoms. The van der Waals surface area contributed by atoms with E-state index in [1.54, 1.807) is 7.11 Å². The number of likely N-dealkylation sites (tertiary alicyclic amines) is 1. The lowest BCUT2D eigenvalue weighted by atomic mass is 9.89. The van der Waals surface area contributed by atoms with E-state index in [1.165, 1.54) is 49.9 Å². The molecule has 0 spiro atoms. The zero-order chi connectivity index (χ0) is 15.1. The maximum absolute atomic E-state index is 6.09. The van der Waals surface area contributed by atoms with E-state index < -0.39 is 0 Å². The average molecular weight is 290 g/mol. The third-order valence-electron chi connectivity index (χ3n) is 4.56. The molecule has 2 N–H and O–H groups in total. The van der Waals surface area contributed by atoms with E-state index in [0.29, 0.717) is 18.6 Å². The van der Waals surface area contributed by atoms with Crippen molar-refractivity contribution >= 4 is 0 Å². The highest BCUT2D eigenvalue weighted by molar-refractivity contribution is 5.25. The van der Waals surface area contributed by atoms with Crippen LogP contribution in [0.15, 0.2) is 24.3 Å². The van der Waals surface area contributed by atoms with Gasteiger partial charge in [-0.15, -0.1) is 0 Å². The van der Waals surface area contributed by atoms with Gasteiger partial charge in [-0.2, -0.15) is 0 Å². The fourth-order valence-electron chi connectivity index (χ4n) is 3.56. The Hall–Kier alpha value is -0.900. The Kier molecular flexibility index (Phi) is 6.68. The van der Waals surface area contributed by atoms with Gasteiger partial charge in [0, 0.05) is 13.2 Å². The van der Waals surface area contributed by atoms with Gasteiger partial charge in [-0.3, -0.25) is 4.90 Å². The van der Waals surface area contributed by atoms with Crippen molar-refractivity contribution in [2.45, 2.75) is 45.3 Å². The zero-order valence-electron chi connectivity index (χ0n) is 13.6. The second-order valence-corrected chi connectivity index (χ2v) is 6.15. The molecule has 1 aliphatic heterocycles. The van der Waals surface area contributed by atoms with Gasteiger partial charge in [-0.05, 0) is 55.9 Å². The Morgan fingerprint density at radius 3 is 2.62 bits per heavy atom. The maximum atomic E-state index is 6.09. The molecule has 2 atom stereocenters. The lowest BCUT2D eigenvalue weighted by Crippen LogP contribution is -2.36. The third-order valence-corrected chi connectivity index (χ3v) is 4.56. The van der Waals surface area contributed by atoms with Crippen molar-refractivity contribution in [3.63, 3.8) is 0 Å². The normalized spacial score (nSPS) is 24.0. The lowest BCUT2D eigenvalue weighted by Gasteiger charge is -2.35. The minimum Gasteiger partial charge on any atom is -0.380 e. The number of hydrogen-bond acceptors (Lipinski definition) is 3. The molecule has 1 aromatic rings. The summed E-state index contributed by atoms with van der Waals surface area (Å²) in [4.78, 5) is 2.65. The SMILES string of the molecule is CCCN1CCCCC(CN)C1c1ccc(COC)cc1. The molecule has 1 fully saturated rings. The molecular formula is C18H30N2O. The molecule has 0 aliphatic carbocycles. The fraction of sp³-hybridized carbons (Fsp3) is 0.667. The topological polar surface area (TPSA) is 38.5 Å². The standard InChI is InChI=1S/C18H30N2O/c1-3-11-20-12-5-4-6-17(13-19)18(20)16-9-7-15(8-10-16)14-21-2/h7-10,17-18H,3-6,11-14,19H2,1-2H3. The summed E-state index contributed by atoms with van der Waals surface area (Å²) in [6.07, 6.45) is 5.06. The first-order chi connectivity index (χ1) is 10.3. The molecule has 1 aromatic carbocycles. The quantitative estimate of drug-likeness (QED) is 0.873. The first kappa shape index (κ1) is 16.5. The van der Waals surface area contributed by atoms with Crippen molar-refractivity contribution < 1.29 is 4.74 Å². The van der Waals surface area contributed by atoms with Crippen molar-refractivity contribution in [1.82, 2.24) is 4.90 Å². The van der Waals surface area contributed by atoms with Crippen LogP contribution in [0.5, 0.6) is 0 Å². The summed E-state index contributed by atoms with van der Waals surface area (Å²) in [6.45, 7) is 6.10. The molecule has 1 heterocycles. The van der Waals surface area contributed by atoms with Crippen LogP contribution >= 0.6 is 0 Å². The summed E-state index contributed by atoms with van der Waals surface area (Å²) in [6, 6.07) is 9.42. The van der Waals surface area contributed by atoms with Gasteiger partial charge in [0.2, 0.25) is 0 Å². The minimum absolute atomic E-state index is 0.481. The number of ether oxygens (including phenoxy) is 1. The van der Waals surface area contributed by atoms with Crippen molar-refractivity contribution in [2.75, 3.05) is 26.7 Å². The molecule has 0 radical (unpaired) electrons. The van der Waals surface area contributed by atoms with Gasteiger partial charge < -0.3 is 10.5 Å². The number of hydrogen-bond donors (Lipinski definition) is 1. The molecule has 3 heteroatoms. The maximum Gasteiger partial charge on any atom is 0.0713 e. The van der Waals surface area contributed by atoms with E-state index in [2.05, 4.69) is 36.1 Å². The molecule has 0 aromatic heterocycles. The highest BCUT2D eigenvalue weighted by atomic mass is 16.5. The van der Waals surface area contributed by atoms with E-state index in [4.69, 9.17) is 10.5 Å². The second-order valence-electron chi connectivity index (χ2n) is 6.15. The van der Waals surface area contributed by atoms with Gasteiger partial charge in [-0.25, -0.2) is 0 Å². The van der Waals surface area contributed by atoms with Crippen LogP contribution in [0.2, 0.25) is 0 Å². The first-order valence-corrected chi connectivity index (χ1v) is 8.32. The van der Waals surface area contributed by atoms with Crippen LogP contribution in [-0.2, 0) is 11.3 Å². The third kappa shape index (κ3) is 4.29. The number of rotatable bonds is 6. The van der Waals surface area contributed by atoms with Crippen LogP contribution in [0.1, 0.15) is 49.8 Å². The van der Waals surface area contributed by atoms with E-state index in [0.717, 1.165) is 6.54 Å². The Labute approximate surface area is 129 Å². The lowest BCUT2D eigenvalue weighted by molar-refractivity contribution is 0.158. The van der Waals surface area contributed by atoms with E-state index >= 15 is 0 Å². The predicted molar refractivity (Wildman–Crippen MR) is 88.2 cm³/mol. The predicted octanol–water partition coefficient (Wildman–Crippen LogP) is 3.34. The molecule has 0 saturated carbocycles. The highest BCUT2D eigenvalue weighted by Crippen LogP contribution is 2.34. The highest BCUT2D eigenvalue weighted by Gasteiger charge is 2.29. The summed E-state index contributed by atoms with van der Waals surface area (Å²) < 4.78 is 5.20. The Morgan fingerprint density at radius 2 is 2.00 bits per heavy atom. The van der Waals surface area contributed by atoms with Gasteiger partial charge >= 0.3 is 0 Å². The van der Waals surface area contributed by atoms with Gasteiger partial charge in [0.25, 0.3) is 0 Å². The van der Waals surface area contributed by atoms with Crippen molar-refractivity contribution in [3.8, 4) is 0 Å². The smallest absolute Gasteiger partial charge is 0.0713 e. The van der Waals surface area contributed by atoms with E-state index in [1.807, 2.05) is 0 Å². The van der Waals surface area contributed by atoms with Crippen LogP contribution in [0, 0.1) is 5.92 Å². The Morgan fingerprint density at radius 1 is 1.24 bits per heavy atom. The number of benzene rings is 1. The van der Waals surface area contributed by atoms with Crippen molar-refractivity contribution in [2.24, 2.45) is 11.7 Å². The Balaban J connectivity index is 2.23. The molecular weight excluding hydrogens is 260 g/mol. The molecule has 1 aliphatic rings. The largest absolute Gasteiger partial charge is 0.380 e. The summed E-state index contributed by atoms with van der Waals surface area (Å²) in [5.74, 6) is 0.576. The summed E-state index contributed by atoms with van der Waals surface area (Å²) in [7, 11) is 1.74. The summed E-state index contributed by atoms with van der Waals surface area (Å²) in [5, 5.41) is 0. The first-order valence-electron chi connectivity index (χ1n) is 8.32. The van der Waals surface area contributed by atoms with Crippen LogP contribution in [0.25, 0.3) is 0 Å². The van der Waals surface area contributed by atoms with Gasteiger partial charge in [0.05, 0.1) is 6.61 Å². The number of nitrogens with zero attached hydrogens (tertiary/aromatic N) is 1. The molecule has 2 rings (SSSR count). The van der Waals surface area contributed by atoms with Crippen LogP contribution < -0.4 is 5.73 Å². The van der Waals surface area contributed by atoms with Crippen LogP contribution in [0.3, 0.4) is 0 Å². The van der Waals surface area contributed by atoms with Crippen LogP contribution in [-0.4, -0.2) is 31.6 Å². The van der Waals surface area contributed by atoms with Crippen molar-refractivity contribution in [1.29, 1.82) is 0 Å². The molecule has 2 unspecified atom stereocenters. The molecule has 3 nitrogen and oxygen atoms in total. The summed E-state index contributed by atoms with van der Waals surface area (Å²) in [5.41, 5.74) is 8.74. The van der Waals surface area contributed by atoms with Crippen molar-refractivity contribution in [3.05, 3.63) is 35.4 Å². The monoisotopic (exact) mass is 290 g/mol. The van der Waals surface area contributed by atoms with E-state index in [9.17, 15) is 0 Å². The van der Waals surface area contributed by atoms with Gasteiger partial charge in [-0.1, -0.05) is 37.6 Å². The fourth-order valence-corrected chi connectivity index (χ4v) is 3.56. The minimum atomic E-state index is 0.481. The van der Waals surface area contributed by atoms with E-state index in [-0.39, 0.29) is 0 Å². The molecule has 118 valence electrons. The number of nitrogens with two attached hydrogens (primary N) is 1. The molecule has 21 heavy (non-hydrogen) atoms. The average Bonchev–Trinajstić information content (AvgIpc) is 2.71. The Bertz CT molecular complexity index is 404. The van der Waals surface area contributed by atoms with Gasteiger partial charge in [0.1, 0.15) is 0 Å². The molecule has 1 saturated heterocycles. The van der Waals surface area contributed by atoms with Gasteiger partial charge in [0.15, 0.2) is 0 Å². The molecule has 0 amide bonds.